The van der Waals surface area contributed by atoms with Gasteiger partial charge in [-0.2, -0.15) is 13.2 Å². The van der Waals surface area contributed by atoms with E-state index >= 15 is 0 Å². The topological polar surface area (TPSA) is 32.6 Å². The Hall–Kier alpha value is -0.766. The van der Waals surface area contributed by atoms with Gasteiger partial charge in [0.25, 0.3) is 0 Å². The predicted molar refractivity (Wildman–Crippen MR) is 72.1 cm³/mol. The molecule has 24 heavy (non-hydrogen) atoms. The Morgan fingerprint density at radius 1 is 1.00 bits per heavy atom. The third kappa shape index (κ3) is 6.27. The first kappa shape index (κ1) is 23.2. The van der Waals surface area contributed by atoms with Crippen molar-refractivity contribution in [2.45, 2.75) is 20.0 Å². The Labute approximate surface area is 148 Å². The number of benzene rings is 1. The Kier molecular flexibility index (Phi) is 9.34. The summed E-state index contributed by atoms with van der Waals surface area (Å²) in [5.74, 6) is -10.0. The van der Waals surface area contributed by atoms with Crippen LogP contribution in [0.1, 0.15) is 19.4 Å². The number of aliphatic imine (C=N–C) groups is 1. The van der Waals surface area contributed by atoms with Crippen molar-refractivity contribution in [2.75, 3.05) is 0 Å². The van der Waals surface area contributed by atoms with Crippen molar-refractivity contribution in [3.8, 4) is 0 Å². The fourth-order valence-corrected chi connectivity index (χ4v) is 1.48. The molecular formula is C12H8Cl2F7NOTi. The molecule has 0 atom stereocenters. The Balaban J connectivity index is 0.00000163. The summed E-state index contributed by atoms with van der Waals surface area (Å²) in [6, 6.07) is 0. The molecule has 2 nitrogen and oxygen atoms in total. The minimum atomic E-state index is -5.60. The van der Waals surface area contributed by atoms with Crippen molar-refractivity contribution >= 4 is 30.0 Å². The second-order valence-electron chi connectivity index (χ2n) is 4.09. The molecule has 0 spiro atoms. The molecule has 1 rings (SSSR count). The van der Waals surface area contributed by atoms with Crippen LogP contribution in [0.3, 0.4) is 0 Å². The van der Waals surface area contributed by atoms with Crippen LogP contribution in [-0.2, 0) is 23.2 Å². The maximum absolute atomic E-state index is 13.5. The molecule has 0 aromatic heterocycles. The van der Waals surface area contributed by atoms with Crippen molar-refractivity contribution in [3.05, 3.63) is 40.7 Å². The number of hydrogen-bond acceptors (Lipinski definition) is 2. The van der Waals surface area contributed by atoms with Crippen molar-refractivity contribution < 1.29 is 52.9 Å². The standard InChI is InChI=1S/C12H8F7NO.2ClH.Ti/c1-4(3-5(2)21)20-11-9(15)7(13)6(12(17,18)19)8(14)10(11)16;;;/h3,21H,1-2H3;2*1H;/q;;;+2/p-2/b5-3-,20-4?;;;. The van der Waals surface area contributed by atoms with E-state index in [2.05, 4.69) is 4.99 Å². The molecule has 1 aromatic carbocycles. The van der Waals surface area contributed by atoms with Crippen LogP contribution in [0, 0.1) is 23.3 Å². The maximum atomic E-state index is 13.5. The second-order valence-corrected chi connectivity index (χ2v) is 6.67. The summed E-state index contributed by atoms with van der Waals surface area (Å²) in [5, 5.41) is 8.90. The van der Waals surface area contributed by atoms with E-state index in [1.807, 2.05) is 0 Å². The summed E-state index contributed by atoms with van der Waals surface area (Å²) in [6.07, 6.45) is -4.71. The Morgan fingerprint density at radius 3 is 1.67 bits per heavy atom. The minimum absolute atomic E-state index is 0.272. The second kappa shape index (κ2) is 9.65. The molecule has 0 heterocycles. The zero-order chi connectivity index (χ0) is 19.2. The predicted octanol–water partition coefficient (Wildman–Crippen LogP) is 6.19. The summed E-state index contributed by atoms with van der Waals surface area (Å²) in [5.41, 5.74) is -4.48. The molecule has 0 amide bonds. The number of alkyl halides is 3. The first-order valence-corrected chi connectivity index (χ1v) is 10.00. The number of halogens is 9. The molecule has 0 bridgehead atoms. The third-order valence-corrected chi connectivity index (χ3v) is 2.23. The number of allylic oxidation sites excluding steroid dienone is 2. The zero-order valence-electron chi connectivity index (χ0n) is 11.9. The van der Waals surface area contributed by atoms with Crippen LogP contribution in [0.15, 0.2) is 16.8 Å². The summed E-state index contributed by atoms with van der Waals surface area (Å²) >= 11 is -0.556. The summed E-state index contributed by atoms with van der Waals surface area (Å²) in [6.45, 7) is 2.30. The molecule has 0 fully saturated rings. The van der Waals surface area contributed by atoms with Gasteiger partial charge in [0.1, 0.15) is 11.3 Å². The SMILES string of the molecule is CC(/C=C(/C)O)=Nc1c(F)c(F)c(C(F)(F)F)c(F)c1F.[Cl][Ti][Cl]. The van der Waals surface area contributed by atoms with Crippen molar-refractivity contribution in [1.82, 2.24) is 0 Å². The third-order valence-electron chi connectivity index (χ3n) is 2.23. The van der Waals surface area contributed by atoms with E-state index < -0.39 is 57.7 Å². The molecule has 0 saturated heterocycles. The summed E-state index contributed by atoms with van der Waals surface area (Å²) in [4.78, 5) is 3.13. The van der Waals surface area contributed by atoms with Crippen molar-refractivity contribution in [3.63, 3.8) is 0 Å². The summed E-state index contributed by atoms with van der Waals surface area (Å²) < 4.78 is 90.5. The number of aliphatic hydroxyl groups excluding tert-OH is 1. The van der Waals surface area contributed by atoms with Crippen molar-refractivity contribution in [1.29, 1.82) is 0 Å². The summed E-state index contributed by atoms with van der Waals surface area (Å²) in [7, 11) is 9.78. The number of nitrogens with zero attached hydrogens (tertiary/aromatic N) is 1. The van der Waals surface area contributed by atoms with Gasteiger partial charge in [-0.25, -0.2) is 22.6 Å². The number of aliphatic hydroxyl groups is 1. The van der Waals surface area contributed by atoms with Gasteiger partial charge < -0.3 is 5.11 Å². The molecule has 1 N–H and O–H groups in total. The van der Waals surface area contributed by atoms with Gasteiger partial charge in [-0.3, -0.25) is 0 Å². The van der Waals surface area contributed by atoms with E-state index in [1.54, 1.807) is 0 Å². The molecular weight excluding hydrogens is 426 g/mol. The van der Waals surface area contributed by atoms with Crippen LogP contribution in [-0.4, -0.2) is 10.8 Å². The van der Waals surface area contributed by atoms with Gasteiger partial charge in [0.2, 0.25) is 0 Å². The molecule has 0 radical (unpaired) electrons. The van der Waals surface area contributed by atoms with E-state index in [0.29, 0.717) is 0 Å². The first-order chi connectivity index (χ1) is 10.9. The molecule has 12 heteroatoms. The fraction of sp³-hybridized carbons (Fsp3) is 0.250. The average Bonchev–Trinajstić information content (AvgIpc) is 2.40. The monoisotopic (exact) mass is 433 g/mol. The average molecular weight is 434 g/mol. The van der Waals surface area contributed by atoms with E-state index in [1.165, 1.54) is 6.92 Å². The van der Waals surface area contributed by atoms with E-state index in [0.717, 1.165) is 13.0 Å². The van der Waals surface area contributed by atoms with Crippen LogP contribution < -0.4 is 0 Å². The van der Waals surface area contributed by atoms with Gasteiger partial charge in [0, 0.05) is 5.71 Å². The molecule has 0 aliphatic rings. The quantitative estimate of drug-likeness (QED) is 0.195. The van der Waals surface area contributed by atoms with Gasteiger partial charge >= 0.3 is 41.8 Å². The molecule has 134 valence electrons. The van der Waals surface area contributed by atoms with Crippen LogP contribution in [0.5, 0.6) is 0 Å². The molecule has 0 unspecified atom stereocenters. The van der Waals surface area contributed by atoms with Crippen molar-refractivity contribution in [2.24, 2.45) is 4.99 Å². The van der Waals surface area contributed by atoms with Crippen LogP contribution >= 0.6 is 18.6 Å². The fourth-order valence-electron chi connectivity index (χ4n) is 1.48. The Bertz CT molecular complexity index is 629. The van der Waals surface area contributed by atoms with Crippen LogP contribution in [0.2, 0.25) is 0 Å². The molecule has 0 saturated carbocycles. The Morgan fingerprint density at radius 2 is 1.38 bits per heavy atom. The van der Waals surface area contributed by atoms with Gasteiger partial charge in [0.05, 0.1) is 5.76 Å². The van der Waals surface area contributed by atoms with Gasteiger partial charge in [-0.1, -0.05) is 0 Å². The molecule has 0 aliphatic heterocycles. The van der Waals surface area contributed by atoms with E-state index in [9.17, 15) is 30.7 Å². The normalized spacial score (nSPS) is 12.6. The molecule has 1 aromatic rings. The number of rotatable bonds is 2. The first-order valence-electron chi connectivity index (χ1n) is 5.70. The van der Waals surface area contributed by atoms with Crippen LogP contribution in [0.4, 0.5) is 36.4 Å². The van der Waals surface area contributed by atoms with Gasteiger partial charge in [0.15, 0.2) is 23.3 Å². The van der Waals surface area contributed by atoms with Crippen LogP contribution in [0.25, 0.3) is 0 Å². The van der Waals surface area contributed by atoms with Gasteiger partial charge in [-0.05, 0) is 19.9 Å². The van der Waals surface area contributed by atoms with E-state index in [4.69, 9.17) is 23.7 Å². The van der Waals surface area contributed by atoms with E-state index in [-0.39, 0.29) is 11.5 Å². The van der Waals surface area contributed by atoms with Gasteiger partial charge in [-0.15, -0.1) is 0 Å². The molecule has 0 aliphatic carbocycles. The zero-order valence-corrected chi connectivity index (χ0v) is 14.9. The number of hydrogen-bond donors (Lipinski definition) is 1.